The Labute approximate surface area is 147 Å². The van der Waals surface area contributed by atoms with Gasteiger partial charge in [0.15, 0.2) is 0 Å². The number of Topliss-reactive ketones (excluding diaryl/α,β-unsaturated/α-hetero) is 1. The molecule has 0 aromatic rings. The summed E-state index contributed by atoms with van der Waals surface area (Å²) in [5.41, 5.74) is 3.61. The lowest BCUT2D eigenvalue weighted by Crippen LogP contribution is -2.50. The highest BCUT2D eigenvalue weighted by atomic mass is 16.1. The van der Waals surface area contributed by atoms with Gasteiger partial charge in [-0.2, -0.15) is 0 Å². The Kier molecular flexibility index (Phi) is 3.58. The van der Waals surface area contributed by atoms with Crippen molar-refractivity contribution in [1.82, 2.24) is 0 Å². The van der Waals surface area contributed by atoms with Crippen molar-refractivity contribution in [2.75, 3.05) is 0 Å². The Morgan fingerprint density at radius 3 is 2.50 bits per heavy atom. The lowest BCUT2D eigenvalue weighted by Gasteiger charge is -2.58. The summed E-state index contributed by atoms with van der Waals surface area (Å²) >= 11 is 0. The van der Waals surface area contributed by atoms with Crippen LogP contribution in [0.15, 0.2) is 11.1 Å². The van der Waals surface area contributed by atoms with Crippen LogP contribution in [-0.4, -0.2) is 5.78 Å². The Bertz CT molecular complexity index is 649. The molecule has 130 valence electrons. The predicted molar refractivity (Wildman–Crippen MR) is 98.2 cm³/mol. The van der Waals surface area contributed by atoms with E-state index in [-0.39, 0.29) is 11.3 Å². The normalized spacial score (nSPS) is 50.8. The Morgan fingerprint density at radius 1 is 1.08 bits per heavy atom. The number of hydrogen-bond donors (Lipinski definition) is 0. The zero-order chi connectivity index (χ0) is 17.3. The highest BCUT2D eigenvalue weighted by Gasteiger charge is 2.60. The third kappa shape index (κ3) is 1.98. The molecule has 0 saturated heterocycles. The minimum Gasteiger partial charge on any atom is -0.299 e. The van der Waals surface area contributed by atoms with Gasteiger partial charge in [0.25, 0.3) is 0 Å². The molecule has 7 atom stereocenters. The molecule has 24 heavy (non-hydrogen) atoms. The molecule has 4 aliphatic rings. The van der Waals surface area contributed by atoms with Gasteiger partial charge in [0.2, 0.25) is 0 Å². The zero-order valence-corrected chi connectivity index (χ0v) is 15.8. The molecule has 4 aliphatic carbocycles. The predicted octanol–water partition coefficient (Wildman–Crippen LogP) is 5.40. The Morgan fingerprint density at radius 2 is 1.79 bits per heavy atom. The number of allylic oxidation sites excluding steroid dienone is 2. The smallest absolute Gasteiger partial charge is 0.141 e. The molecule has 0 heterocycles. The molecule has 2 unspecified atom stereocenters. The van der Waals surface area contributed by atoms with Crippen LogP contribution in [0.25, 0.3) is 0 Å². The van der Waals surface area contributed by atoms with Gasteiger partial charge >= 0.3 is 0 Å². The van der Waals surface area contributed by atoms with Gasteiger partial charge in [-0.1, -0.05) is 31.9 Å². The van der Waals surface area contributed by atoms with Crippen molar-refractivity contribution in [1.29, 1.82) is 0 Å². The molecule has 3 saturated carbocycles. The van der Waals surface area contributed by atoms with Gasteiger partial charge in [-0.25, -0.2) is 0 Å². The SMILES string of the molecule is C#CC1CC[C@@]2(C)C(=C(C)C[C@@H]3[C@H]2CC[C@]2(C)C(=O)C(C)C[C@@H]32)C1. The van der Waals surface area contributed by atoms with Crippen molar-refractivity contribution in [2.24, 2.45) is 40.4 Å². The van der Waals surface area contributed by atoms with Gasteiger partial charge in [-0.15, -0.1) is 12.3 Å². The molecule has 4 rings (SSSR count). The first-order valence-electron chi connectivity index (χ1n) is 10.0. The number of hydrogen-bond acceptors (Lipinski definition) is 1. The molecule has 0 bridgehead atoms. The Hall–Kier alpha value is -1.03. The molecule has 0 spiro atoms. The summed E-state index contributed by atoms with van der Waals surface area (Å²) in [6, 6.07) is 0. The van der Waals surface area contributed by atoms with Gasteiger partial charge < -0.3 is 0 Å². The third-order valence-electron chi connectivity index (χ3n) is 8.71. The maximum absolute atomic E-state index is 12.8. The van der Waals surface area contributed by atoms with E-state index in [1.54, 1.807) is 11.1 Å². The number of rotatable bonds is 0. The summed E-state index contributed by atoms with van der Waals surface area (Å²) < 4.78 is 0. The summed E-state index contributed by atoms with van der Waals surface area (Å²) in [7, 11) is 0. The maximum atomic E-state index is 12.8. The van der Waals surface area contributed by atoms with Crippen LogP contribution >= 0.6 is 0 Å². The largest absolute Gasteiger partial charge is 0.299 e. The topological polar surface area (TPSA) is 17.1 Å². The van der Waals surface area contributed by atoms with E-state index in [0.29, 0.717) is 29.0 Å². The van der Waals surface area contributed by atoms with Crippen molar-refractivity contribution in [3.05, 3.63) is 11.1 Å². The van der Waals surface area contributed by atoms with Crippen LogP contribution in [0, 0.1) is 52.8 Å². The van der Waals surface area contributed by atoms with Crippen molar-refractivity contribution < 1.29 is 4.79 Å². The highest BCUT2D eigenvalue weighted by Crippen LogP contribution is 2.66. The van der Waals surface area contributed by atoms with Gasteiger partial charge in [-0.3, -0.25) is 4.79 Å². The van der Waals surface area contributed by atoms with Crippen LogP contribution < -0.4 is 0 Å². The second-order valence-corrected chi connectivity index (χ2v) is 9.82. The molecular weight excluding hydrogens is 292 g/mol. The van der Waals surface area contributed by atoms with Crippen LogP contribution in [-0.2, 0) is 4.79 Å². The van der Waals surface area contributed by atoms with Crippen molar-refractivity contribution in [3.63, 3.8) is 0 Å². The van der Waals surface area contributed by atoms with Gasteiger partial charge in [-0.05, 0) is 75.0 Å². The summed E-state index contributed by atoms with van der Waals surface area (Å²) in [6.07, 6.45) is 14.0. The summed E-state index contributed by atoms with van der Waals surface area (Å²) in [4.78, 5) is 12.8. The van der Waals surface area contributed by atoms with Crippen LogP contribution in [0.3, 0.4) is 0 Å². The second-order valence-electron chi connectivity index (χ2n) is 9.82. The minimum atomic E-state index is -0.0370. The lowest BCUT2D eigenvalue weighted by atomic mass is 9.46. The number of ketones is 1. The zero-order valence-electron chi connectivity index (χ0n) is 15.8. The molecule has 0 amide bonds. The van der Waals surface area contributed by atoms with E-state index < -0.39 is 0 Å². The number of terminal acetylenes is 1. The standard InChI is InChI=1S/C23H32O/c1-6-16-7-9-22(4)18-8-10-23(5)20(12-15(3)21(23)24)17(18)11-14(2)19(22)13-16/h1,15-18,20H,7-13H2,2-5H3/t15?,16?,17-,18-,20+,22-,23+/m1/s1. The summed E-state index contributed by atoms with van der Waals surface area (Å²) in [5, 5.41) is 0. The van der Waals surface area contributed by atoms with Crippen LogP contribution in [0.2, 0.25) is 0 Å². The first-order valence-corrected chi connectivity index (χ1v) is 10.0. The first kappa shape index (κ1) is 16.4. The fraction of sp³-hybridized carbons (Fsp3) is 0.783. The average molecular weight is 325 g/mol. The minimum absolute atomic E-state index is 0.0370. The third-order valence-corrected chi connectivity index (χ3v) is 8.71. The fourth-order valence-electron chi connectivity index (χ4n) is 7.37. The molecule has 0 aromatic carbocycles. The van der Waals surface area contributed by atoms with E-state index in [0.717, 1.165) is 25.2 Å². The average Bonchev–Trinajstić information content (AvgIpc) is 2.79. The van der Waals surface area contributed by atoms with Gasteiger partial charge in [0.1, 0.15) is 5.78 Å². The quantitative estimate of drug-likeness (QED) is 0.430. The van der Waals surface area contributed by atoms with Gasteiger partial charge in [0, 0.05) is 17.3 Å². The highest BCUT2D eigenvalue weighted by molar-refractivity contribution is 5.89. The maximum Gasteiger partial charge on any atom is 0.141 e. The molecule has 1 heteroatoms. The second kappa shape index (κ2) is 5.23. The fourth-order valence-corrected chi connectivity index (χ4v) is 7.37. The van der Waals surface area contributed by atoms with Crippen LogP contribution in [0.1, 0.15) is 72.6 Å². The van der Waals surface area contributed by atoms with Gasteiger partial charge in [0.05, 0.1) is 0 Å². The summed E-state index contributed by atoms with van der Waals surface area (Å²) in [6.45, 7) is 9.33. The molecule has 3 fully saturated rings. The van der Waals surface area contributed by atoms with E-state index in [4.69, 9.17) is 6.42 Å². The molecule has 0 radical (unpaired) electrons. The van der Waals surface area contributed by atoms with Crippen LogP contribution in [0.5, 0.6) is 0 Å². The number of fused-ring (bicyclic) bond motifs is 5. The lowest BCUT2D eigenvalue weighted by molar-refractivity contribution is -0.133. The molecule has 0 aliphatic heterocycles. The summed E-state index contributed by atoms with van der Waals surface area (Å²) in [5.74, 6) is 6.39. The Balaban J connectivity index is 1.73. The van der Waals surface area contributed by atoms with Crippen molar-refractivity contribution in [2.45, 2.75) is 72.6 Å². The van der Waals surface area contributed by atoms with E-state index >= 15 is 0 Å². The molecule has 0 N–H and O–H groups in total. The van der Waals surface area contributed by atoms with E-state index in [2.05, 4.69) is 33.6 Å². The molecular formula is C23H32O. The number of carbonyl (C=O) groups excluding carboxylic acids is 1. The van der Waals surface area contributed by atoms with E-state index in [1.807, 2.05) is 0 Å². The monoisotopic (exact) mass is 324 g/mol. The van der Waals surface area contributed by atoms with Crippen molar-refractivity contribution >= 4 is 5.78 Å². The van der Waals surface area contributed by atoms with Crippen molar-refractivity contribution in [3.8, 4) is 12.3 Å². The number of carbonyl (C=O) groups is 1. The first-order chi connectivity index (χ1) is 11.3. The molecule has 1 nitrogen and oxygen atoms in total. The van der Waals surface area contributed by atoms with Crippen LogP contribution in [0.4, 0.5) is 0 Å². The van der Waals surface area contributed by atoms with E-state index in [9.17, 15) is 4.79 Å². The molecule has 0 aromatic heterocycles. The van der Waals surface area contributed by atoms with E-state index in [1.165, 1.54) is 25.7 Å².